The molecule has 1 aromatic heterocycles. The van der Waals surface area contributed by atoms with Crippen molar-refractivity contribution in [3.05, 3.63) is 35.2 Å². The number of hydrogen-bond donors (Lipinski definition) is 1. The fraction of sp³-hybridized carbons (Fsp3) is 0.571. The molecule has 2 aromatic rings. The van der Waals surface area contributed by atoms with Gasteiger partial charge in [0.15, 0.2) is 5.69 Å². The van der Waals surface area contributed by atoms with Crippen molar-refractivity contribution in [3.63, 3.8) is 0 Å². The third-order valence-corrected chi connectivity index (χ3v) is 6.10. The highest BCUT2D eigenvalue weighted by atomic mass is 16.5. The second-order valence-corrected chi connectivity index (χ2v) is 7.71. The maximum atomic E-state index is 13.4. The maximum absolute atomic E-state index is 13.4. The maximum Gasteiger partial charge on any atom is 0.276 e. The van der Waals surface area contributed by atoms with Crippen molar-refractivity contribution in [1.29, 1.82) is 0 Å². The Kier molecular flexibility index (Phi) is 5.71. The van der Waals surface area contributed by atoms with Crippen LogP contribution in [-0.4, -0.2) is 59.7 Å². The summed E-state index contributed by atoms with van der Waals surface area (Å²) in [5, 5.41) is 12.0. The molecular weight excluding hydrogens is 370 g/mol. The first kappa shape index (κ1) is 19.7. The van der Waals surface area contributed by atoms with Gasteiger partial charge in [0.05, 0.1) is 32.0 Å². The summed E-state index contributed by atoms with van der Waals surface area (Å²) >= 11 is 0. The van der Waals surface area contributed by atoms with Crippen molar-refractivity contribution >= 4 is 5.91 Å². The number of piperidine rings is 1. The Bertz CT molecular complexity index is 875. The zero-order valence-electron chi connectivity index (χ0n) is 17.4. The van der Waals surface area contributed by atoms with Crippen LogP contribution < -0.4 is 14.8 Å². The minimum Gasteiger partial charge on any atom is -0.497 e. The minimum absolute atomic E-state index is 0.0354. The highest BCUT2D eigenvalue weighted by Gasteiger charge is 2.35. The summed E-state index contributed by atoms with van der Waals surface area (Å²) in [6.45, 7) is 4.60. The van der Waals surface area contributed by atoms with Crippen LogP contribution in [-0.2, 0) is 0 Å². The number of likely N-dealkylation sites (tertiary alicyclic amines) is 1. The SMILES string of the molecule is COc1ccc(C2CCCN2C(=O)c2nnn(C3CCNCC3)c2C)c(OC)c1. The van der Waals surface area contributed by atoms with Crippen LogP contribution in [0.25, 0.3) is 0 Å². The molecule has 0 aliphatic carbocycles. The van der Waals surface area contributed by atoms with Gasteiger partial charge in [0.25, 0.3) is 5.91 Å². The van der Waals surface area contributed by atoms with Crippen molar-refractivity contribution in [2.24, 2.45) is 0 Å². The van der Waals surface area contributed by atoms with Crippen LogP contribution in [0.15, 0.2) is 18.2 Å². The zero-order chi connectivity index (χ0) is 20.4. The van der Waals surface area contributed by atoms with Crippen LogP contribution in [0.5, 0.6) is 11.5 Å². The Hall–Kier alpha value is -2.61. The summed E-state index contributed by atoms with van der Waals surface area (Å²) in [6, 6.07) is 6.05. The highest BCUT2D eigenvalue weighted by molar-refractivity contribution is 5.93. The van der Waals surface area contributed by atoms with Gasteiger partial charge < -0.3 is 19.7 Å². The third-order valence-electron chi connectivity index (χ3n) is 6.10. The van der Waals surface area contributed by atoms with E-state index in [-0.39, 0.29) is 11.9 Å². The van der Waals surface area contributed by atoms with E-state index >= 15 is 0 Å². The van der Waals surface area contributed by atoms with E-state index in [4.69, 9.17) is 9.47 Å². The van der Waals surface area contributed by atoms with Crippen LogP contribution in [0.1, 0.15) is 59.5 Å². The van der Waals surface area contributed by atoms with Gasteiger partial charge in [-0.05, 0) is 57.8 Å². The van der Waals surface area contributed by atoms with Gasteiger partial charge in [-0.25, -0.2) is 4.68 Å². The van der Waals surface area contributed by atoms with E-state index in [1.807, 2.05) is 34.7 Å². The van der Waals surface area contributed by atoms with Gasteiger partial charge in [-0.3, -0.25) is 4.79 Å². The predicted molar refractivity (Wildman–Crippen MR) is 108 cm³/mol. The van der Waals surface area contributed by atoms with E-state index in [1.165, 1.54) is 0 Å². The summed E-state index contributed by atoms with van der Waals surface area (Å²) in [7, 11) is 3.28. The second kappa shape index (κ2) is 8.41. The first-order valence-electron chi connectivity index (χ1n) is 10.3. The van der Waals surface area contributed by atoms with Gasteiger partial charge in [0, 0.05) is 18.2 Å². The average molecular weight is 399 g/mol. The molecule has 1 unspecified atom stereocenters. The normalized spacial score (nSPS) is 20.1. The molecule has 1 N–H and O–H groups in total. The first-order chi connectivity index (χ1) is 14.1. The summed E-state index contributed by atoms with van der Waals surface area (Å²) in [5.74, 6) is 1.43. The van der Waals surface area contributed by atoms with Gasteiger partial charge in [0.1, 0.15) is 11.5 Å². The van der Waals surface area contributed by atoms with Gasteiger partial charge in [-0.1, -0.05) is 5.21 Å². The smallest absolute Gasteiger partial charge is 0.276 e. The molecule has 4 rings (SSSR count). The molecule has 0 saturated carbocycles. The number of amides is 1. The van der Waals surface area contributed by atoms with E-state index in [2.05, 4.69) is 15.6 Å². The summed E-state index contributed by atoms with van der Waals surface area (Å²) < 4.78 is 12.8. The number of hydrogen-bond acceptors (Lipinski definition) is 6. The number of carbonyl (C=O) groups excluding carboxylic acids is 1. The Balaban J connectivity index is 1.60. The fourth-order valence-electron chi connectivity index (χ4n) is 4.50. The van der Waals surface area contributed by atoms with E-state index in [0.717, 1.165) is 61.5 Å². The summed E-state index contributed by atoms with van der Waals surface area (Å²) in [4.78, 5) is 15.3. The lowest BCUT2D eigenvalue weighted by Gasteiger charge is -2.26. The minimum atomic E-state index is -0.0527. The van der Waals surface area contributed by atoms with E-state index in [9.17, 15) is 4.79 Å². The van der Waals surface area contributed by atoms with Gasteiger partial charge in [-0.15, -0.1) is 5.10 Å². The molecule has 0 spiro atoms. The number of nitrogens with one attached hydrogen (secondary N) is 1. The Morgan fingerprint density at radius 3 is 2.69 bits per heavy atom. The molecule has 2 aliphatic rings. The number of benzene rings is 1. The molecule has 156 valence electrons. The predicted octanol–water partition coefficient (Wildman–Crippen LogP) is 2.51. The van der Waals surface area contributed by atoms with Crippen LogP contribution in [0.2, 0.25) is 0 Å². The molecule has 1 atom stereocenters. The van der Waals surface area contributed by atoms with Crippen molar-refractivity contribution in [2.45, 2.75) is 44.7 Å². The molecule has 29 heavy (non-hydrogen) atoms. The topological polar surface area (TPSA) is 81.5 Å². The molecule has 2 saturated heterocycles. The molecule has 3 heterocycles. The number of aromatic nitrogens is 3. The molecule has 0 bridgehead atoms. The first-order valence-corrected chi connectivity index (χ1v) is 10.3. The van der Waals surface area contributed by atoms with Crippen LogP contribution >= 0.6 is 0 Å². The van der Waals surface area contributed by atoms with Crippen molar-refractivity contribution < 1.29 is 14.3 Å². The number of ether oxygens (including phenoxy) is 2. The molecular formula is C21H29N5O3. The highest BCUT2D eigenvalue weighted by Crippen LogP contribution is 2.39. The monoisotopic (exact) mass is 399 g/mol. The zero-order valence-corrected chi connectivity index (χ0v) is 17.4. The Morgan fingerprint density at radius 2 is 1.97 bits per heavy atom. The molecule has 8 nitrogen and oxygen atoms in total. The second-order valence-electron chi connectivity index (χ2n) is 7.71. The lowest BCUT2D eigenvalue weighted by molar-refractivity contribution is 0.0727. The summed E-state index contributed by atoms with van der Waals surface area (Å²) in [5.41, 5.74) is 2.32. The molecule has 0 radical (unpaired) electrons. The van der Waals surface area contributed by atoms with Gasteiger partial charge in [0.2, 0.25) is 0 Å². The summed E-state index contributed by atoms with van der Waals surface area (Å²) in [6.07, 6.45) is 3.86. The van der Waals surface area contributed by atoms with E-state index in [0.29, 0.717) is 18.3 Å². The quantitative estimate of drug-likeness (QED) is 0.832. The Labute approximate surface area is 171 Å². The van der Waals surface area contributed by atoms with E-state index < -0.39 is 0 Å². The van der Waals surface area contributed by atoms with Crippen LogP contribution in [0.4, 0.5) is 0 Å². The van der Waals surface area contributed by atoms with Gasteiger partial charge in [-0.2, -0.15) is 0 Å². The number of rotatable bonds is 5. The van der Waals surface area contributed by atoms with E-state index in [1.54, 1.807) is 14.2 Å². The molecule has 1 aromatic carbocycles. The third kappa shape index (κ3) is 3.69. The lowest BCUT2D eigenvalue weighted by Crippen LogP contribution is -2.32. The number of nitrogens with zero attached hydrogens (tertiary/aromatic N) is 4. The van der Waals surface area contributed by atoms with Crippen molar-refractivity contribution in [3.8, 4) is 11.5 Å². The molecule has 2 fully saturated rings. The molecule has 1 amide bonds. The fourth-order valence-corrected chi connectivity index (χ4v) is 4.50. The number of carbonyl (C=O) groups is 1. The molecule has 2 aliphatic heterocycles. The standard InChI is InChI=1S/C21H29N5O3/c1-14-20(23-24-26(14)15-8-10-22-11-9-15)21(27)25-12-4-5-18(25)17-7-6-16(28-2)13-19(17)29-3/h6-7,13,15,18,22H,4-5,8-12H2,1-3H3. The van der Waals surface area contributed by atoms with Crippen LogP contribution in [0, 0.1) is 6.92 Å². The Morgan fingerprint density at radius 1 is 1.17 bits per heavy atom. The van der Waals surface area contributed by atoms with Crippen LogP contribution in [0.3, 0.4) is 0 Å². The van der Waals surface area contributed by atoms with Crippen molar-refractivity contribution in [2.75, 3.05) is 33.9 Å². The largest absolute Gasteiger partial charge is 0.497 e. The molecule has 8 heteroatoms. The number of methoxy groups -OCH3 is 2. The van der Waals surface area contributed by atoms with Gasteiger partial charge >= 0.3 is 0 Å². The van der Waals surface area contributed by atoms with Crippen molar-refractivity contribution in [1.82, 2.24) is 25.2 Å². The average Bonchev–Trinajstić information content (AvgIpc) is 3.40. The lowest BCUT2D eigenvalue weighted by atomic mass is 10.0.